The summed E-state index contributed by atoms with van der Waals surface area (Å²) in [6.07, 6.45) is -16.3. The number of ether oxygens (including phenoxy) is 13. The van der Waals surface area contributed by atoms with E-state index in [-0.39, 0.29) is 19.3 Å². The molecule has 0 spiro atoms. The Morgan fingerprint density at radius 2 is 1.11 bits per heavy atom. The molecule has 0 aromatic rings. The fraction of sp³-hybridized carbons (Fsp3) is 0.738. The van der Waals surface area contributed by atoms with Crippen LogP contribution in [0.5, 0.6) is 0 Å². The van der Waals surface area contributed by atoms with E-state index in [1.807, 2.05) is 6.08 Å². The maximum atomic E-state index is 13.0. The Bertz CT molecular complexity index is 1720. The minimum absolute atomic E-state index is 0.133. The molecule has 0 saturated carbocycles. The van der Waals surface area contributed by atoms with Gasteiger partial charge in [0, 0.05) is 54.5 Å². The van der Waals surface area contributed by atoms with Crippen molar-refractivity contribution in [1.82, 2.24) is 5.32 Å². The van der Waals surface area contributed by atoms with E-state index in [2.05, 4.69) is 11.9 Å². The molecule has 23 heteroatoms. The number of aliphatic hydroxyl groups excluding tert-OH is 2. The van der Waals surface area contributed by atoms with E-state index in [1.54, 1.807) is 6.92 Å². The summed E-state index contributed by atoms with van der Waals surface area (Å²) in [4.78, 5) is 88.5. The largest absolute Gasteiger partial charge is 0.463 e. The zero-order chi connectivity index (χ0) is 48.1. The minimum Gasteiger partial charge on any atom is -0.463 e. The van der Waals surface area contributed by atoms with E-state index in [1.165, 1.54) is 6.08 Å². The summed E-state index contributed by atoms with van der Waals surface area (Å²) in [6.45, 7) is 11.0. The lowest BCUT2D eigenvalue weighted by atomic mass is 9.91. The molecule has 366 valence electrons. The van der Waals surface area contributed by atoms with Gasteiger partial charge >= 0.3 is 41.8 Å². The van der Waals surface area contributed by atoms with Gasteiger partial charge in [0.05, 0.1) is 32.0 Å². The average molecular weight is 932 g/mol. The molecule has 0 radical (unpaired) electrons. The molecule has 23 nitrogen and oxygen atoms in total. The summed E-state index contributed by atoms with van der Waals surface area (Å²) < 4.78 is 76.6. The third-order valence-electron chi connectivity index (χ3n) is 10.4. The number of esters is 7. The summed E-state index contributed by atoms with van der Waals surface area (Å²) in [7, 11) is 0. The molecule has 0 bridgehead atoms. The number of hydrogen-bond acceptors (Lipinski definition) is 23. The normalized spacial score (nSPS) is 34.7. The second kappa shape index (κ2) is 24.8. The molecule has 3 N–H and O–H groups in total. The lowest BCUT2D eigenvalue weighted by Gasteiger charge is -2.50. The Morgan fingerprint density at radius 1 is 0.646 bits per heavy atom. The highest BCUT2D eigenvalue weighted by Gasteiger charge is 2.59. The molecule has 65 heavy (non-hydrogen) atoms. The van der Waals surface area contributed by atoms with E-state index in [9.17, 15) is 43.8 Å². The monoisotopic (exact) mass is 931 g/mol. The number of aliphatic hydroxyl groups is 2. The Kier molecular flexibility index (Phi) is 20.2. The molecule has 4 aliphatic rings. The standard InChI is InChI=1S/C42H61NO22/c1-10-14-53-40-38(60-25(8)51)35(57-22(5)48)32(29(17-45)62-40)64-42-39(61-26(9)52)36(58-23(6)49)33(30(63-42)18-54-20(3)46)65-41-37(59-24(7)50)34(56-21(4)47)31(19(2)55-41)43-28-13-11-12-27(15-28)16-44/h10,15,19,28-45H,1,11-14,16-18H2,2-9H3. The second-order valence-corrected chi connectivity index (χ2v) is 15.7. The van der Waals surface area contributed by atoms with Gasteiger partial charge in [0.25, 0.3) is 0 Å². The third-order valence-corrected chi connectivity index (χ3v) is 10.4. The topological polar surface area (TPSA) is 292 Å². The van der Waals surface area contributed by atoms with Gasteiger partial charge < -0.3 is 77.1 Å². The first-order valence-electron chi connectivity index (χ1n) is 21.1. The van der Waals surface area contributed by atoms with Crippen molar-refractivity contribution in [3.8, 4) is 0 Å². The summed E-state index contributed by atoms with van der Waals surface area (Å²) in [5, 5.41) is 23.8. The zero-order valence-corrected chi connectivity index (χ0v) is 37.6. The Hall–Kier alpha value is -4.59. The van der Waals surface area contributed by atoms with Crippen molar-refractivity contribution < 1.29 is 105 Å². The summed E-state index contributed by atoms with van der Waals surface area (Å²) >= 11 is 0. The van der Waals surface area contributed by atoms with Crippen LogP contribution in [0.1, 0.15) is 74.7 Å². The van der Waals surface area contributed by atoms with Crippen LogP contribution in [-0.4, -0.2) is 177 Å². The van der Waals surface area contributed by atoms with Gasteiger partial charge in [-0.1, -0.05) is 12.2 Å². The smallest absolute Gasteiger partial charge is 0.303 e. The van der Waals surface area contributed by atoms with Crippen molar-refractivity contribution in [1.29, 1.82) is 0 Å². The number of nitrogens with one attached hydrogen (secondary N) is 1. The van der Waals surface area contributed by atoms with Crippen molar-refractivity contribution in [3.05, 3.63) is 24.3 Å². The van der Waals surface area contributed by atoms with Crippen LogP contribution in [-0.2, 0) is 95.1 Å². The summed E-state index contributed by atoms with van der Waals surface area (Å²) in [6, 6.07) is -1.14. The average Bonchev–Trinajstić information content (AvgIpc) is 3.21. The van der Waals surface area contributed by atoms with Gasteiger partial charge in [0.15, 0.2) is 55.5 Å². The van der Waals surface area contributed by atoms with E-state index < -0.39 is 147 Å². The molecule has 4 rings (SSSR count). The fourth-order valence-electron chi connectivity index (χ4n) is 8.06. The molecule has 1 aliphatic carbocycles. The first-order chi connectivity index (χ1) is 30.8. The Morgan fingerprint density at radius 3 is 1.60 bits per heavy atom. The Balaban J connectivity index is 1.82. The molecule has 0 aromatic heterocycles. The highest BCUT2D eigenvalue weighted by Crippen LogP contribution is 2.38. The van der Waals surface area contributed by atoms with Crippen LogP contribution in [0.2, 0.25) is 0 Å². The lowest BCUT2D eigenvalue weighted by Crippen LogP contribution is -2.69. The zero-order valence-electron chi connectivity index (χ0n) is 37.6. The molecular weight excluding hydrogens is 870 g/mol. The van der Waals surface area contributed by atoms with E-state index >= 15 is 0 Å². The molecule has 3 aliphatic heterocycles. The van der Waals surface area contributed by atoms with Crippen molar-refractivity contribution in [2.75, 3.05) is 26.4 Å². The van der Waals surface area contributed by atoms with Crippen LogP contribution in [0.3, 0.4) is 0 Å². The quantitative estimate of drug-likeness (QED) is 0.0853. The summed E-state index contributed by atoms with van der Waals surface area (Å²) in [5.41, 5.74) is 0.799. The van der Waals surface area contributed by atoms with Crippen LogP contribution >= 0.6 is 0 Å². The van der Waals surface area contributed by atoms with Gasteiger partial charge in [-0.05, 0) is 31.8 Å². The second-order valence-electron chi connectivity index (χ2n) is 15.7. The lowest BCUT2D eigenvalue weighted by molar-refractivity contribution is -0.376. The van der Waals surface area contributed by atoms with Gasteiger partial charge in [-0.25, -0.2) is 0 Å². The predicted molar refractivity (Wildman–Crippen MR) is 214 cm³/mol. The van der Waals surface area contributed by atoms with Gasteiger partial charge in [0.2, 0.25) is 0 Å². The van der Waals surface area contributed by atoms with Crippen LogP contribution in [0.4, 0.5) is 0 Å². The highest BCUT2D eigenvalue weighted by atomic mass is 16.8. The SMILES string of the molecule is C=CCOC1OC(CO)C(OC2OC(COC(C)=O)C(OC3OC(C)C(NC4C=C(CO)CCC4)C(OC(C)=O)C3OC(C)=O)C(OC(C)=O)C2OC(C)=O)C(OC(C)=O)C1OC(C)=O. The van der Waals surface area contributed by atoms with Crippen LogP contribution < -0.4 is 5.32 Å². The van der Waals surface area contributed by atoms with Crippen molar-refractivity contribution >= 4 is 41.8 Å². The Labute approximate surface area is 375 Å². The molecule has 0 aromatic carbocycles. The molecule has 0 amide bonds. The maximum Gasteiger partial charge on any atom is 0.303 e. The van der Waals surface area contributed by atoms with Crippen LogP contribution in [0.25, 0.3) is 0 Å². The van der Waals surface area contributed by atoms with Gasteiger partial charge in [0.1, 0.15) is 31.0 Å². The van der Waals surface area contributed by atoms with Crippen LogP contribution in [0, 0.1) is 0 Å². The fourth-order valence-corrected chi connectivity index (χ4v) is 8.06. The van der Waals surface area contributed by atoms with Crippen molar-refractivity contribution in [2.24, 2.45) is 0 Å². The molecule has 16 unspecified atom stereocenters. The number of carbonyl (C=O) groups excluding carboxylic acids is 7. The molecule has 16 atom stereocenters. The number of hydrogen-bond donors (Lipinski definition) is 3. The third kappa shape index (κ3) is 15.0. The number of rotatable bonds is 19. The predicted octanol–water partition coefficient (Wildman–Crippen LogP) is -0.271. The van der Waals surface area contributed by atoms with Gasteiger partial charge in [-0.2, -0.15) is 0 Å². The number of carbonyl (C=O) groups is 7. The summed E-state index contributed by atoms with van der Waals surface area (Å²) in [5.74, 6) is -6.03. The van der Waals surface area contributed by atoms with Gasteiger partial charge in [-0.3, -0.25) is 33.6 Å². The van der Waals surface area contributed by atoms with E-state index in [0.717, 1.165) is 60.5 Å². The molecular formula is C42H61NO22. The maximum absolute atomic E-state index is 13.0. The molecule has 3 fully saturated rings. The van der Waals surface area contributed by atoms with Crippen LogP contribution in [0.15, 0.2) is 24.3 Å². The van der Waals surface area contributed by atoms with Crippen molar-refractivity contribution in [3.63, 3.8) is 0 Å². The highest BCUT2D eigenvalue weighted by molar-refractivity contribution is 5.69. The van der Waals surface area contributed by atoms with E-state index in [4.69, 9.17) is 61.6 Å². The molecule has 3 saturated heterocycles. The first kappa shape index (κ1) is 53.0. The van der Waals surface area contributed by atoms with Gasteiger partial charge in [-0.15, -0.1) is 6.58 Å². The van der Waals surface area contributed by atoms with E-state index in [0.29, 0.717) is 12.8 Å². The van der Waals surface area contributed by atoms with Crippen molar-refractivity contribution in [2.45, 2.75) is 173 Å². The first-order valence-corrected chi connectivity index (χ1v) is 21.1. The minimum atomic E-state index is -1.88. The molecule has 3 heterocycles.